The van der Waals surface area contributed by atoms with Crippen molar-refractivity contribution in [3.8, 4) is 12.0 Å². The lowest BCUT2D eigenvalue weighted by Crippen LogP contribution is -1.81. The van der Waals surface area contributed by atoms with Gasteiger partial charge in [0.05, 0.1) is 5.02 Å². The minimum Gasteiger partial charge on any atom is -0.386 e. The summed E-state index contributed by atoms with van der Waals surface area (Å²) in [5, 5.41) is 9.00. The van der Waals surface area contributed by atoms with E-state index in [1.54, 1.807) is 6.07 Å². The average Bonchev–Trinajstić information content (AvgIpc) is 1.95. The van der Waals surface area contributed by atoms with Crippen LogP contribution >= 0.6 is 23.2 Å². The van der Waals surface area contributed by atoms with Crippen LogP contribution in [-0.2, 0) is 0 Å². The lowest BCUT2D eigenvalue weighted by Gasteiger charge is -1.97. The largest absolute Gasteiger partial charge is 0.386 e. The fraction of sp³-hybridized carbons (Fsp3) is 0. The molecule has 0 heterocycles. The summed E-state index contributed by atoms with van der Waals surface area (Å²) in [5.74, 6) is 0.318. The SMILES string of the molecule is N#COc1ccc(Cl)cc1Cl. The molecule has 4 heteroatoms. The highest BCUT2D eigenvalue weighted by Crippen LogP contribution is 2.26. The predicted octanol–water partition coefficient (Wildman–Crippen LogP) is 2.85. The van der Waals surface area contributed by atoms with Crippen molar-refractivity contribution in [1.29, 1.82) is 5.26 Å². The van der Waals surface area contributed by atoms with E-state index in [1.165, 1.54) is 18.4 Å². The zero-order valence-electron chi connectivity index (χ0n) is 5.34. The standard InChI is InChI=1S/C7H3Cl2NO/c8-5-1-2-7(11-4-10)6(9)3-5/h1-3H. The Morgan fingerprint density at radius 2 is 2.09 bits per heavy atom. The summed E-state index contributed by atoms with van der Waals surface area (Å²) < 4.78 is 4.51. The topological polar surface area (TPSA) is 33.0 Å². The molecule has 1 rings (SSSR count). The molecule has 56 valence electrons. The Morgan fingerprint density at radius 3 is 2.64 bits per heavy atom. The van der Waals surface area contributed by atoms with Gasteiger partial charge in [-0.3, -0.25) is 0 Å². The monoisotopic (exact) mass is 187 g/mol. The van der Waals surface area contributed by atoms with Crippen LogP contribution in [0.3, 0.4) is 0 Å². The Hall–Kier alpha value is -0.910. The van der Waals surface area contributed by atoms with Gasteiger partial charge in [0, 0.05) is 5.02 Å². The Labute approximate surface area is 73.9 Å². The van der Waals surface area contributed by atoms with Gasteiger partial charge in [0.25, 0.3) is 6.26 Å². The molecule has 0 aromatic heterocycles. The third-order valence-electron chi connectivity index (χ3n) is 1.05. The Bertz CT molecular complexity index is 306. The highest BCUT2D eigenvalue weighted by Gasteiger charge is 2.00. The number of benzene rings is 1. The second kappa shape index (κ2) is 3.47. The molecule has 0 aliphatic rings. The first-order valence-electron chi connectivity index (χ1n) is 2.75. The van der Waals surface area contributed by atoms with E-state index in [4.69, 9.17) is 28.5 Å². The summed E-state index contributed by atoms with van der Waals surface area (Å²) in [7, 11) is 0. The van der Waals surface area contributed by atoms with Crippen molar-refractivity contribution in [2.45, 2.75) is 0 Å². The molecule has 0 radical (unpaired) electrons. The summed E-state index contributed by atoms with van der Waals surface area (Å²) in [4.78, 5) is 0. The molecule has 1 aromatic carbocycles. The molecule has 0 amide bonds. The molecule has 0 N–H and O–H groups in total. The average molecular weight is 188 g/mol. The summed E-state index contributed by atoms with van der Waals surface area (Å²) in [6.45, 7) is 0. The molecule has 0 aliphatic heterocycles. The minimum atomic E-state index is 0.318. The van der Waals surface area contributed by atoms with Gasteiger partial charge in [0.1, 0.15) is 0 Å². The van der Waals surface area contributed by atoms with Gasteiger partial charge in [-0.05, 0) is 18.2 Å². The van der Waals surface area contributed by atoms with Gasteiger partial charge >= 0.3 is 0 Å². The Kier molecular flexibility index (Phi) is 2.58. The van der Waals surface area contributed by atoms with Gasteiger partial charge in [-0.15, -0.1) is 5.26 Å². The summed E-state index contributed by atoms with van der Waals surface area (Å²) in [6.07, 6.45) is 1.52. The fourth-order valence-corrected chi connectivity index (χ4v) is 1.05. The molecule has 2 nitrogen and oxygen atoms in total. The number of rotatable bonds is 1. The molecule has 0 aliphatic carbocycles. The Morgan fingerprint density at radius 1 is 1.36 bits per heavy atom. The van der Waals surface area contributed by atoms with Crippen LogP contribution in [0.2, 0.25) is 10.0 Å². The fourth-order valence-electron chi connectivity index (χ4n) is 0.607. The van der Waals surface area contributed by atoms with Crippen molar-refractivity contribution in [2.24, 2.45) is 0 Å². The Balaban J connectivity index is 3.01. The van der Waals surface area contributed by atoms with Crippen LogP contribution < -0.4 is 4.74 Å². The van der Waals surface area contributed by atoms with Gasteiger partial charge in [-0.25, -0.2) is 0 Å². The normalized spacial score (nSPS) is 8.82. The van der Waals surface area contributed by atoms with E-state index < -0.39 is 0 Å². The highest BCUT2D eigenvalue weighted by atomic mass is 35.5. The first-order valence-corrected chi connectivity index (χ1v) is 3.50. The van der Waals surface area contributed by atoms with Crippen LogP contribution in [0.1, 0.15) is 0 Å². The second-order valence-electron chi connectivity index (χ2n) is 1.77. The van der Waals surface area contributed by atoms with E-state index in [1.807, 2.05) is 0 Å². The van der Waals surface area contributed by atoms with Crippen molar-refractivity contribution in [3.05, 3.63) is 28.2 Å². The van der Waals surface area contributed by atoms with Crippen LogP contribution in [0.4, 0.5) is 0 Å². The molecule has 0 saturated heterocycles. The van der Waals surface area contributed by atoms with Crippen molar-refractivity contribution in [2.75, 3.05) is 0 Å². The lowest BCUT2D eigenvalue weighted by atomic mass is 10.3. The molecule has 0 unspecified atom stereocenters. The maximum absolute atomic E-state index is 8.15. The van der Waals surface area contributed by atoms with Crippen LogP contribution in [0.15, 0.2) is 18.2 Å². The van der Waals surface area contributed by atoms with Crippen LogP contribution in [0, 0.1) is 11.5 Å². The number of nitrogens with zero attached hydrogens (tertiary/aromatic N) is 1. The number of nitriles is 1. The summed E-state index contributed by atoms with van der Waals surface area (Å²) in [6, 6.07) is 4.64. The van der Waals surface area contributed by atoms with Gasteiger partial charge in [0.15, 0.2) is 5.75 Å². The van der Waals surface area contributed by atoms with E-state index in [9.17, 15) is 0 Å². The first-order chi connectivity index (χ1) is 5.24. The summed E-state index contributed by atoms with van der Waals surface area (Å²) >= 11 is 11.2. The number of halogens is 2. The van der Waals surface area contributed by atoms with Gasteiger partial charge in [-0.1, -0.05) is 23.2 Å². The maximum Gasteiger partial charge on any atom is 0.292 e. The highest BCUT2D eigenvalue weighted by molar-refractivity contribution is 6.35. The van der Waals surface area contributed by atoms with Crippen molar-refractivity contribution in [1.82, 2.24) is 0 Å². The third-order valence-corrected chi connectivity index (χ3v) is 1.58. The van der Waals surface area contributed by atoms with Gasteiger partial charge in [0.2, 0.25) is 0 Å². The van der Waals surface area contributed by atoms with Crippen molar-refractivity contribution < 1.29 is 4.74 Å². The minimum absolute atomic E-state index is 0.318. The van der Waals surface area contributed by atoms with Crippen LogP contribution in [0.25, 0.3) is 0 Å². The van der Waals surface area contributed by atoms with Gasteiger partial charge in [-0.2, -0.15) is 0 Å². The molecule has 0 saturated carbocycles. The van der Waals surface area contributed by atoms with Crippen LogP contribution in [-0.4, -0.2) is 0 Å². The zero-order chi connectivity index (χ0) is 8.27. The van der Waals surface area contributed by atoms with E-state index in [2.05, 4.69) is 4.74 Å². The van der Waals surface area contributed by atoms with Crippen molar-refractivity contribution >= 4 is 23.2 Å². The van der Waals surface area contributed by atoms with Crippen molar-refractivity contribution in [3.63, 3.8) is 0 Å². The third kappa shape index (κ3) is 2.01. The lowest BCUT2D eigenvalue weighted by molar-refractivity contribution is 0.507. The molecule has 0 fully saturated rings. The predicted molar refractivity (Wildman–Crippen MR) is 42.7 cm³/mol. The molecular formula is C7H3Cl2NO. The summed E-state index contributed by atoms with van der Waals surface area (Å²) in [5.41, 5.74) is 0. The quantitative estimate of drug-likeness (QED) is 0.634. The second-order valence-corrected chi connectivity index (χ2v) is 2.61. The van der Waals surface area contributed by atoms with Gasteiger partial charge < -0.3 is 4.74 Å². The van der Waals surface area contributed by atoms with E-state index >= 15 is 0 Å². The van der Waals surface area contributed by atoms with E-state index in [0.717, 1.165) is 0 Å². The number of ether oxygens (including phenoxy) is 1. The molecule has 11 heavy (non-hydrogen) atoms. The van der Waals surface area contributed by atoms with E-state index in [0.29, 0.717) is 15.8 Å². The van der Waals surface area contributed by atoms with Crippen LogP contribution in [0.5, 0.6) is 5.75 Å². The first kappa shape index (κ1) is 8.19. The number of hydrogen-bond donors (Lipinski definition) is 0. The smallest absolute Gasteiger partial charge is 0.292 e. The molecular weight excluding hydrogens is 185 g/mol. The molecule has 0 atom stereocenters. The van der Waals surface area contributed by atoms with E-state index in [-0.39, 0.29) is 0 Å². The number of hydrogen-bond acceptors (Lipinski definition) is 2. The molecule has 0 bridgehead atoms. The molecule has 0 spiro atoms. The zero-order valence-corrected chi connectivity index (χ0v) is 6.86. The molecule has 1 aromatic rings. The maximum atomic E-state index is 8.15.